The molecule has 10 heteroatoms. The number of nitrogens with zero attached hydrogens (tertiary/aromatic N) is 5. The molecule has 0 bridgehead atoms. The van der Waals surface area contributed by atoms with E-state index in [4.69, 9.17) is 0 Å². The minimum atomic E-state index is -4.47. The predicted molar refractivity (Wildman–Crippen MR) is 94.4 cm³/mol. The van der Waals surface area contributed by atoms with E-state index in [0.717, 1.165) is 43.6 Å². The van der Waals surface area contributed by atoms with E-state index in [1.165, 1.54) is 18.8 Å². The van der Waals surface area contributed by atoms with E-state index in [-0.39, 0.29) is 4.91 Å². The minimum Gasteiger partial charge on any atom is -0.342 e. The first-order chi connectivity index (χ1) is 12.5. The summed E-state index contributed by atoms with van der Waals surface area (Å²) in [5, 5.41) is 0.403. The van der Waals surface area contributed by atoms with Crippen LogP contribution in [-0.2, 0) is 0 Å². The Morgan fingerprint density at radius 3 is 2.69 bits per heavy atom. The number of hydrogen-bond donors (Lipinski definition) is 1. The van der Waals surface area contributed by atoms with Crippen LogP contribution in [0.4, 0.5) is 19.1 Å². The number of aromatic nitrogens is 4. The van der Waals surface area contributed by atoms with Gasteiger partial charge in [0, 0.05) is 24.2 Å². The molecule has 0 amide bonds. The molecular weight excluding hydrogens is 365 g/mol. The average Bonchev–Trinajstić information content (AvgIpc) is 3.05. The van der Waals surface area contributed by atoms with E-state index >= 15 is 0 Å². The van der Waals surface area contributed by atoms with Gasteiger partial charge < -0.3 is 9.88 Å². The van der Waals surface area contributed by atoms with Crippen LogP contribution in [0.5, 0.6) is 0 Å². The van der Waals surface area contributed by atoms with Crippen molar-refractivity contribution in [2.75, 3.05) is 18.0 Å². The molecule has 26 heavy (non-hydrogen) atoms. The Balaban J connectivity index is 1.61. The number of H-pyrrole nitrogens is 1. The maximum absolute atomic E-state index is 13.1. The molecule has 0 aromatic carbocycles. The fourth-order valence-corrected chi connectivity index (χ4v) is 4.05. The first-order valence-corrected chi connectivity index (χ1v) is 9.31. The summed E-state index contributed by atoms with van der Waals surface area (Å²) in [6, 6.07) is 0. The Morgan fingerprint density at radius 2 is 1.92 bits per heavy atom. The number of alkyl halides is 3. The van der Waals surface area contributed by atoms with Gasteiger partial charge in [0.15, 0.2) is 17.0 Å². The molecule has 0 saturated carbocycles. The number of fused-ring (bicyclic) bond motifs is 1. The quantitative estimate of drug-likeness (QED) is 0.866. The van der Waals surface area contributed by atoms with Gasteiger partial charge in [-0.1, -0.05) is 11.8 Å². The van der Waals surface area contributed by atoms with Crippen molar-refractivity contribution < 1.29 is 13.2 Å². The highest BCUT2D eigenvalue weighted by Gasteiger charge is 2.37. The molecule has 6 nitrogen and oxygen atoms in total. The van der Waals surface area contributed by atoms with Gasteiger partial charge in [0.2, 0.25) is 5.95 Å². The van der Waals surface area contributed by atoms with E-state index in [2.05, 4.69) is 29.8 Å². The second-order valence-electron chi connectivity index (χ2n) is 6.21. The number of rotatable bonds is 3. The molecule has 4 rings (SSSR count). The number of halogens is 3. The second-order valence-corrected chi connectivity index (χ2v) is 7.33. The molecule has 1 saturated heterocycles. The highest BCUT2D eigenvalue weighted by atomic mass is 32.2. The zero-order valence-electron chi connectivity index (χ0n) is 13.9. The van der Waals surface area contributed by atoms with Gasteiger partial charge in [0.1, 0.15) is 5.03 Å². The molecule has 1 N–H and O–H groups in total. The monoisotopic (exact) mass is 382 g/mol. The number of imidazole rings is 1. The maximum Gasteiger partial charge on any atom is 0.434 e. The zero-order valence-corrected chi connectivity index (χ0v) is 14.7. The highest BCUT2D eigenvalue weighted by Crippen LogP contribution is 2.40. The first kappa shape index (κ1) is 17.3. The van der Waals surface area contributed by atoms with E-state index in [0.29, 0.717) is 29.2 Å². The summed E-state index contributed by atoms with van der Waals surface area (Å²) in [7, 11) is 0. The van der Waals surface area contributed by atoms with Crippen LogP contribution in [0.15, 0.2) is 26.8 Å². The number of anilines is 1. The number of piperidine rings is 1. The molecule has 2 aromatic heterocycles. The van der Waals surface area contributed by atoms with Gasteiger partial charge in [-0.3, -0.25) is 4.99 Å². The Kier molecular flexibility index (Phi) is 4.60. The van der Waals surface area contributed by atoms with Crippen molar-refractivity contribution in [1.29, 1.82) is 0 Å². The fourth-order valence-electron chi connectivity index (χ4n) is 3.07. The largest absolute Gasteiger partial charge is 0.434 e. The molecule has 4 heterocycles. The lowest BCUT2D eigenvalue weighted by Gasteiger charge is -2.25. The lowest BCUT2D eigenvalue weighted by atomic mass is 10.1. The van der Waals surface area contributed by atoms with Gasteiger partial charge in [-0.05, 0) is 32.1 Å². The molecule has 2 aliphatic heterocycles. The van der Waals surface area contributed by atoms with Gasteiger partial charge in [0.05, 0.1) is 6.20 Å². The predicted octanol–water partition coefficient (Wildman–Crippen LogP) is 4.07. The number of aliphatic imine (C=N–C) groups is 1. The summed E-state index contributed by atoms with van der Waals surface area (Å²) < 4.78 is 39.3. The van der Waals surface area contributed by atoms with Crippen LogP contribution < -0.4 is 4.90 Å². The Bertz CT molecular complexity index is 866. The van der Waals surface area contributed by atoms with Crippen LogP contribution in [0.2, 0.25) is 0 Å². The molecule has 2 aliphatic rings. The van der Waals surface area contributed by atoms with Gasteiger partial charge in [-0.25, -0.2) is 9.97 Å². The van der Waals surface area contributed by atoms with Crippen molar-refractivity contribution in [1.82, 2.24) is 19.9 Å². The summed E-state index contributed by atoms with van der Waals surface area (Å²) in [5.74, 6) is 0.722. The lowest BCUT2D eigenvalue weighted by molar-refractivity contribution is -0.0929. The molecule has 138 valence electrons. The third-order valence-electron chi connectivity index (χ3n) is 4.31. The Labute approximate surface area is 152 Å². The van der Waals surface area contributed by atoms with Gasteiger partial charge in [-0.15, -0.1) is 0 Å². The van der Waals surface area contributed by atoms with E-state index in [1.807, 2.05) is 0 Å². The summed E-state index contributed by atoms with van der Waals surface area (Å²) >= 11 is 0.970. The van der Waals surface area contributed by atoms with Crippen LogP contribution in [0, 0.1) is 0 Å². The Morgan fingerprint density at radius 1 is 1.12 bits per heavy atom. The number of thioether (sulfide) groups is 1. The number of allylic oxidation sites excluding steroid dienone is 2. The van der Waals surface area contributed by atoms with Crippen molar-refractivity contribution in [2.24, 2.45) is 4.99 Å². The summed E-state index contributed by atoms with van der Waals surface area (Å²) in [6.07, 6.45) is 2.54. The smallest absolute Gasteiger partial charge is 0.342 e. The molecule has 1 fully saturated rings. The molecular formula is C16H17F3N6S. The van der Waals surface area contributed by atoms with Gasteiger partial charge >= 0.3 is 6.18 Å². The average molecular weight is 382 g/mol. The molecule has 0 atom stereocenters. The van der Waals surface area contributed by atoms with Crippen LogP contribution >= 0.6 is 11.8 Å². The summed E-state index contributed by atoms with van der Waals surface area (Å²) in [4.78, 5) is 22.1. The minimum absolute atomic E-state index is 0.171. The third-order valence-corrected chi connectivity index (χ3v) is 5.36. The number of aromatic amines is 1. The van der Waals surface area contributed by atoms with Gasteiger partial charge in [0.25, 0.3) is 0 Å². The molecule has 0 spiro atoms. The molecule has 0 aliphatic carbocycles. The highest BCUT2D eigenvalue weighted by molar-refractivity contribution is 8.03. The fraction of sp³-hybridized carbons (Fsp3) is 0.500. The summed E-state index contributed by atoms with van der Waals surface area (Å²) in [6.45, 7) is 1.86. The SMILES string of the molecule is FC(F)(F)C1=C(Sc2cnc3nc(N4CCCCC4)[nH]c3n2)CCC=N1. The standard InChI is InChI=1S/C16H17F3N6S/c17-16(18,19)12-10(5-4-6-20-12)26-11-9-21-13-14(22-11)24-15(23-13)25-7-2-1-3-8-25/h6,9H,1-5,7-8H2,(H,21,22,23,24). The van der Waals surface area contributed by atoms with Crippen LogP contribution in [0.25, 0.3) is 11.3 Å². The first-order valence-electron chi connectivity index (χ1n) is 8.49. The van der Waals surface area contributed by atoms with E-state index in [1.54, 1.807) is 0 Å². The third kappa shape index (κ3) is 3.55. The molecule has 0 unspecified atom stereocenters. The normalized spacial score (nSPS) is 18.8. The van der Waals surface area contributed by atoms with Crippen molar-refractivity contribution in [2.45, 2.75) is 43.3 Å². The van der Waals surface area contributed by atoms with Crippen LogP contribution in [-0.4, -0.2) is 45.4 Å². The topological polar surface area (TPSA) is 70.1 Å². The van der Waals surface area contributed by atoms with Crippen molar-refractivity contribution in [3.8, 4) is 0 Å². The van der Waals surface area contributed by atoms with E-state index in [9.17, 15) is 13.2 Å². The molecule has 2 aromatic rings. The van der Waals surface area contributed by atoms with Crippen LogP contribution in [0.3, 0.4) is 0 Å². The maximum atomic E-state index is 13.1. The molecule has 0 radical (unpaired) electrons. The van der Waals surface area contributed by atoms with Crippen molar-refractivity contribution in [3.05, 3.63) is 16.8 Å². The zero-order chi connectivity index (χ0) is 18.1. The number of nitrogens with one attached hydrogen (secondary N) is 1. The lowest BCUT2D eigenvalue weighted by Crippen LogP contribution is -2.30. The van der Waals surface area contributed by atoms with E-state index < -0.39 is 11.9 Å². The van der Waals surface area contributed by atoms with Crippen LogP contribution in [0.1, 0.15) is 32.1 Å². The van der Waals surface area contributed by atoms with Gasteiger partial charge in [-0.2, -0.15) is 18.2 Å². The summed E-state index contributed by atoms with van der Waals surface area (Å²) in [5.41, 5.74) is 0.125. The van der Waals surface area contributed by atoms with Crippen molar-refractivity contribution >= 4 is 35.2 Å². The number of hydrogen-bond acceptors (Lipinski definition) is 6. The van der Waals surface area contributed by atoms with Crippen molar-refractivity contribution in [3.63, 3.8) is 0 Å². The Hall–Kier alpha value is -2.10. The second kappa shape index (κ2) is 6.90.